The number of rotatable bonds is 0. The Hall–Kier alpha value is 0.0200. The van der Waals surface area contributed by atoms with Gasteiger partial charge in [-0.25, -0.2) is 0 Å². The van der Waals surface area contributed by atoms with Crippen LogP contribution in [0.4, 0.5) is 0 Å². The average molecular weight is 285 g/mol. The second-order valence-corrected chi connectivity index (χ2v) is 7.59. The van der Waals surface area contributed by atoms with E-state index in [4.69, 9.17) is 0 Å². The van der Waals surface area contributed by atoms with E-state index in [-0.39, 0.29) is 0 Å². The maximum atomic E-state index is 11.7. The van der Waals surface area contributed by atoms with Gasteiger partial charge in [-0.2, -0.15) is 11.8 Å². The van der Waals surface area contributed by atoms with Crippen LogP contribution in [0.15, 0.2) is 0 Å². The summed E-state index contributed by atoms with van der Waals surface area (Å²) in [7, 11) is 0. The standard InChI is InChI=1S/C17H32OS/c1-16-12-11-14-17(18)13-9-7-5-3-2-4-6-8-10-15-19-16/h16H,2-15H2,1H3. The van der Waals surface area contributed by atoms with Gasteiger partial charge in [0.1, 0.15) is 5.78 Å². The van der Waals surface area contributed by atoms with Gasteiger partial charge in [0.2, 0.25) is 0 Å². The molecule has 1 fully saturated rings. The van der Waals surface area contributed by atoms with Gasteiger partial charge in [-0.15, -0.1) is 0 Å². The molecular formula is C17H32OS. The van der Waals surface area contributed by atoms with E-state index in [9.17, 15) is 4.79 Å². The largest absolute Gasteiger partial charge is 0.300 e. The van der Waals surface area contributed by atoms with Gasteiger partial charge in [-0.05, 0) is 31.4 Å². The summed E-state index contributed by atoms with van der Waals surface area (Å²) in [5.41, 5.74) is 0. The Kier molecular flexibility index (Phi) is 10.6. The molecule has 1 unspecified atom stereocenters. The van der Waals surface area contributed by atoms with Crippen molar-refractivity contribution in [3.63, 3.8) is 0 Å². The summed E-state index contributed by atoms with van der Waals surface area (Å²) in [5, 5.41) is 0.739. The summed E-state index contributed by atoms with van der Waals surface area (Å²) in [4.78, 5) is 11.7. The first-order valence-corrected chi connectivity index (χ1v) is 9.47. The third-order valence-electron chi connectivity index (χ3n) is 4.07. The maximum absolute atomic E-state index is 11.7. The topological polar surface area (TPSA) is 17.1 Å². The van der Waals surface area contributed by atoms with Crippen molar-refractivity contribution < 1.29 is 4.79 Å². The zero-order chi connectivity index (χ0) is 13.8. The van der Waals surface area contributed by atoms with Crippen molar-refractivity contribution in [2.24, 2.45) is 0 Å². The maximum Gasteiger partial charge on any atom is 0.132 e. The van der Waals surface area contributed by atoms with Crippen molar-refractivity contribution >= 4 is 17.5 Å². The molecule has 0 aromatic carbocycles. The molecule has 1 aliphatic heterocycles. The van der Waals surface area contributed by atoms with Crippen molar-refractivity contribution in [2.75, 3.05) is 5.75 Å². The molecule has 1 nitrogen and oxygen atoms in total. The van der Waals surface area contributed by atoms with E-state index in [1.807, 2.05) is 0 Å². The van der Waals surface area contributed by atoms with Crippen molar-refractivity contribution in [1.29, 1.82) is 0 Å². The normalized spacial score (nSPS) is 26.8. The lowest BCUT2D eigenvalue weighted by Gasteiger charge is -2.10. The van der Waals surface area contributed by atoms with E-state index in [1.165, 1.54) is 63.5 Å². The van der Waals surface area contributed by atoms with Crippen LogP contribution in [0.2, 0.25) is 0 Å². The number of hydrogen-bond donors (Lipinski definition) is 0. The SMILES string of the molecule is CC1CCCC(=O)CCCCCCCCCCCS1. The predicted molar refractivity (Wildman–Crippen MR) is 86.9 cm³/mol. The highest BCUT2D eigenvalue weighted by molar-refractivity contribution is 7.99. The van der Waals surface area contributed by atoms with E-state index >= 15 is 0 Å². The third kappa shape index (κ3) is 10.5. The molecule has 1 saturated heterocycles. The van der Waals surface area contributed by atoms with E-state index in [0.717, 1.165) is 30.9 Å². The van der Waals surface area contributed by atoms with Gasteiger partial charge in [0.15, 0.2) is 0 Å². The quantitative estimate of drug-likeness (QED) is 0.562. The number of carbonyl (C=O) groups excluding carboxylic acids is 1. The van der Waals surface area contributed by atoms with Gasteiger partial charge in [-0.3, -0.25) is 4.79 Å². The lowest BCUT2D eigenvalue weighted by atomic mass is 10.0. The zero-order valence-electron chi connectivity index (χ0n) is 12.8. The van der Waals surface area contributed by atoms with Gasteiger partial charge < -0.3 is 0 Å². The highest BCUT2D eigenvalue weighted by atomic mass is 32.2. The fourth-order valence-electron chi connectivity index (χ4n) is 2.74. The highest BCUT2D eigenvalue weighted by Gasteiger charge is 2.06. The van der Waals surface area contributed by atoms with Crippen molar-refractivity contribution in [1.82, 2.24) is 0 Å². The Morgan fingerprint density at radius 1 is 0.789 bits per heavy atom. The first kappa shape index (κ1) is 17.1. The van der Waals surface area contributed by atoms with Crippen LogP contribution in [0, 0.1) is 0 Å². The molecule has 1 heterocycles. The second-order valence-electron chi connectivity index (χ2n) is 6.04. The van der Waals surface area contributed by atoms with Crippen LogP contribution < -0.4 is 0 Å². The molecule has 0 saturated carbocycles. The summed E-state index contributed by atoms with van der Waals surface area (Å²) in [6, 6.07) is 0. The number of hydrogen-bond acceptors (Lipinski definition) is 2. The fraction of sp³-hybridized carbons (Fsp3) is 0.941. The van der Waals surface area contributed by atoms with Crippen LogP contribution in [0.3, 0.4) is 0 Å². The van der Waals surface area contributed by atoms with Gasteiger partial charge in [0.05, 0.1) is 0 Å². The summed E-state index contributed by atoms with van der Waals surface area (Å²) >= 11 is 2.11. The molecule has 0 amide bonds. The van der Waals surface area contributed by atoms with E-state index in [2.05, 4.69) is 18.7 Å². The smallest absolute Gasteiger partial charge is 0.132 e. The monoisotopic (exact) mass is 284 g/mol. The minimum Gasteiger partial charge on any atom is -0.300 e. The number of ketones is 1. The average Bonchev–Trinajstić information content (AvgIpc) is 2.39. The van der Waals surface area contributed by atoms with Crippen molar-refractivity contribution in [2.45, 2.75) is 95.6 Å². The molecule has 1 atom stereocenters. The predicted octanol–water partition coefficient (Wildman–Crippen LogP) is 5.76. The summed E-state index contributed by atoms with van der Waals surface area (Å²) in [5.74, 6) is 1.82. The lowest BCUT2D eigenvalue weighted by molar-refractivity contribution is -0.119. The van der Waals surface area contributed by atoms with Gasteiger partial charge in [0.25, 0.3) is 0 Å². The summed E-state index contributed by atoms with van der Waals surface area (Å²) < 4.78 is 0. The Labute approximate surface area is 124 Å². The second kappa shape index (κ2) is 11.8. The molecule has 19 heavy (non-hydrogen) atoms. The Morgan fingerprint density at radius 3 is 2.00 bits per heavy atom. The van der Waals surface area contributed by atoms with Crippen LogP contribution in [0.25, 0.3) is 0 Å². The Balaban J connectivity index is 2.20. The van der Waals surface area contributed by atoms with Gasteiger partial charge in [-0.1, -0.05) is 51.9 Å². The molecule has 112 valence electrons. The van der Waals surface area contributed by atoms with Crippen molar-refractivity contribution in [3.8, 4) is 0 Å². The molecule has 0 aromatic rings. The number of Topliss-reactive ketones (excluding diaryl/α,β-unsaturated/α-hetero) is 1. The summed E-state index contributed by atoms with van der Waals surface area (Å²) in [6.45, 7) is 2.32. The summed E-state index contributed by atoms with van der Waals surface area (Å²) in [6.07, 6.45) is 16.1. The highest BCUT2D eigenvalue weighted by Crippen LogP contribution is 2.20. The number of carbonyl (C=O) groups is 1. The first-order chi connectivity index (χ1) is 9.29. The number of thioether (sulfide) groups is 1. The van der Waals surface area contributed by atoms with Crippen LogP contribution in [-0.4, -0.2) is 16.8 Å². The molecule has 0 spiro atoms. The van der Waals surface area contributed by atoms with Crippen molar-refractivity contribution in [3.05, 3.63) is 0 Å². The fourth-order valence-corrected chi connectivity index (χ4v) is 3.85. The first-order valence-electron chi connectivity index (χ1n) is 8.42. The van der Waals surface area contributed by atoms with E-state index in [0.29, 0.717) is 5.78 Å². The minimum absolute atomic E-state index is 0.501. The molecule has 0 aliphatic carbocycles. The molecule has 0 N–H and O–H groups in total. The lowest BCUT2D eigenvalue weighted by Crippen LogP contribution is -2.02. The Morgan fingerprint density at radius 2 is 1.32 bits per heavy atom. The molecule has 1 aliphatic rings. The van der Waals surface area contributed by atoms with Crippen LogP contribution in [0.5, 0.6) is 0 Å². The molecule has 1 rings (SSSR count). The van der Waals surface area contributed by atoms with Gasteiger partial charge >= 0.3 is 0 Å². The molecule has 0 radical (unpaired) electrons. The minimum atomic E-state index is 0.501. The molecule has 0 aromatic heterocycles. The molecule has 2 heteroatoms. The zero-order valence-corrected chi connectivity index (χ0v) is 13.6. The Bertz CT molecular complexity index is 227. The van der Waals surface area contributed by atoms with Crippen LogP contribution in [-0.2, 0) is 4.79 Å². The van der Waals surface area contributed by atoms with E-state index in [1.54, 1.807) is 0 Å². The molecule has 0 bridgehead atoms. The van der Waals surface area contributed by atoms with Gasteiger partial charge in [0, 0.05) is 18.1 Å². The van der Waals surface area contributed by atoms with Crippen LogP contribution >= 0.6 is 11.8 Å². The molecular weight excluding hydrogens is 252 g/mol. The van der Waals surface area contributed by atoms with Crippen LogP contribution in [0.1, 0.15) is 90.4 Å². The van der Waals surface area contributed by atoms with E-state index < -0.39 is 0 Å². The third-order valence-corrected chi connectivity index (χ3v) is 5.40.